The van der Waals surface area contributed by atoms with Gasteiger partial charge in [-0.2, -0.15) is 23.3 Å². The Hall–Kier alpha value is -2.93. The average molecular weight is 474 g/mol. The van der Waals surface area contributed by atoms with Crippen molar-refractivity contribution in [3.05, 3.63) is 57.8 Å². The Morgan fingerprint density at radius 2 is 1.84 bits per heavy atom. The first-order valence-electron chi connectivity index (χ1n) is 8.61. The van der Waals surface area contributed by atoms with E-state index in [1.165, 1.54) is 50.5 Å². The number of aryl methyl sites for hydroxylation is 1. The number of nitrogens with zero attached hydrogens (tertiary/aromatic N) is 4. The van der Waals surface area contributed by atoms with Gasteiger partial charge in [0.15, 0.2) is 9.84 Å². The number of aromatic nitrogens is 3. The highest BCUT2D eigenvalue weighted by Crippen LogP contribution is 2.29. The molecule has 0 saturated heterocycles. The second kappa shape index (κ2) is 8.30. The molecular formula is C18H14F4N4O3S2. The second-order valence-electron chi connectivity index (χ2n) is 6.21. The Bertz CT molecular complexity index is 1310. The molecule has 3 aromatic rings. The third-order valence-corrected chi connectivity index (χ3v) is 6.88. The highest BCUT2D eigenvalue weighted by Gasteiger charge is 2.35. The molecule has 7 nitrogen and oxygen atoms in total. The van der Waals surface area contributed by atoms with E-state index >= 15 is 0 Å². The van der Waals surface area contributed by atoms with Gasteiger partial charge >= 0.3 is 6.18 Å². The summed E-state index contributed by atoms with van der Waals surface area (Å²) in [6, 6.07) is 6.39. The van der Waals surface area contributed by atoms with Crippen molar-refractivity contribution in [2.75, 3.05) is 5.75 Å². The summed E-state index contributed by atoms with van der Waals surface area (Å²) in [5.41, 5.74) is 0.238. The lowest BCUT2D eigenvalue weighted by Gasteiger charge is -2.09. The predicted molar refractivity (Wildman–Crippen MR) is 103 cm³/mol. The van der Waals surface area contributed by atoms with Crippen LogP contribution in [0.4, 0.5) is 17.6 Å². The lowest BCUT2D eigenvalue weighted by atomic mass is 10.1. The first-order valence-corrected chi connectivity index (χ1v) is 11.1. The Morgan fingerprint density at radius 1 is 1.19 bits per heavy atom. The molecule has 1 aromatic carbocycles. The molecule has 0 saturated carbocycles. The minimum Gasteiger partial charge on any atom is -0.265 e. The van der Waals surface area contributed by atoms with E-state index in [0.29, 0.717) is 11.1 Å². The molecule has 0 fully saturated rings. The highest BCUT2D eigenvalue weighted by atomic mass is 32.2. The molecule has 3 rings (SSSR count). The van der Waals surface area contributed by atoms with Gasteiger partial charge in [0, 0.05) is 18.8 Å². The van der Waals surface area contributed by atoms with Crippen LogP contribution in [-0.2, 0) is 23.1 Å². The molecule has 2 aromatic heterocycles. The minimum atomic E-state index is -4.72. The Kier molecular flexibility index (Phi) is 6.09. The zero-order valence-corrected chi connectivity index (χ0v) is 17.6. The Labute approximate surface area is 177 Å². The van der Waals surface area contributed by atoms with Crippen molar-refractivity contribution in [3.8, 4) is 11.1 Å². The van der Waals surface area contributed by atoms with Crippen molar-refractivity contribution in [2.45, 2.75) is 18.0 Å². The lowest BCUT2D eigenvalue weighted by Crippen LogP contribution is -2.17. The molecule has 0 bridgehead atoms. The zero-order valence-electron chi connectivity index (χ0n) is 16.0. The fraction of sp³-hybridized carbons (Fsp3) is 0.222. The van der Waals surface area contributed by atoms with Crippen LogP contribution in [0, 0.1) is 5.82 Å². The first-order chi connectivity index (χ1) is 14.4. The SMILES string of the molecule is CCS(=O)(=O)c1cc(-c2ccc(F)cc2)cnc1C(=O)N=c1sc(C(F)(F)F)nn1C. The minimum absolute atomic E-state index is 0.137. The van der Waals surface area contributed by atoms with Gasteiger partial charge in [-0.25, -0.2) is 22.5 Å². The number of hydrogen-bond donors (Lipinski definition) is 0. The topological polar surface area (TPSA) is 94.3 Å². The molecule has 31 heavy (non-hydrogen) atoms. The van der Waals surface area contributed by atoms with Crippen LogP contribution in [-0.4, -0.2) is 34.8 Å². The van der Waals surface area contributed by atoms with E-state index in [1.807, 2.05) is 0 Å². The number of alkyl halides is 3. The molecule has 0 aliphatic rings. The number of benzene rings is 1. The van der Waals surface area contributed by atoms with Crippen LogP contribution >= 0.6 is 11.3 Å². The van der Waals surface area contributed by atoms with Crippen LogP contribution < -0.4 is 4.80 Å². The summed E-state index contributed by atoms with van der Waals surface area (Å²) in [4.78, 5) is 19.3. The molecule has 0 aliphatic heterocycles. The summed E-state index contributed by atoms with van der Waals surface area (Å²) in [5.74, 6) is -1.97. The van der Waals surface area contributed by atoms with Gasteiger partial charge < -0.3 is 0 Å². The molecule has 1 amide bonds. The quantitative estimate of drug-likeness (QED) is 0.541. The highest BCUT2D eigenvalue weighted by molar-refractivity contribution is 7.91. The summed E-state index contributed by atoms with van der Waals surface area (Å²) in [6.45, 7) is 1.37. The van der Waals surface area contributed by atoms with Gasteiger partial charge in [0.2, 0.25) is 9.81 Å². The summed E-state index contributed by atoms with van der Waals surface area (Å²) in [6.07, 6.45) is -3.51. The smallest absolute Gasteiger partial charge is 0.265 e. The monoisotopic (exact) mass is 474 g/mol. The standard InChI is InChI=1S/C18H14F4N4O3S2/c1-3-31(28,29)13-8-11(10-4-6-12(19)7-5-10)9-23-14(13)15(27)24-17-26(2)25-16(30-17)18(20,21)22/h4-9H,3H2,1-2H3. The van der Waals surface area contributed by atoms with E-state index < -0.39 is 43.3 Å². The van der Waals surface area contributed by atoms with Crippen molar-refractivity contribution in [3.63, 3.8) is 0 Å². The molecule has 13 heteroatoms. The van der Waals surface area contributed by atoms with Crippen LogP contribution in [0.1, 0.15) is 22.4 Å². The third-order valence-electron chi connectivity index (χ3n) is 4.09. The van der Waals surface area contributed by atoms with Crippen molar-refractivity contribution >= 4 is 27.1 Å². The molecular weight excluding hydrogens is 460 g/mol. The van der Waals surface area contributed by atoms with Gasteiger partial charge in [0.25, 0.3) is 5.91 Å². The van der Waals surface area contributed by atoms with E-state index in [2.05, 4.69) is 15.1 Å². The second-order valence-corrected chi connectivity index (χ2v) is 9.41. The number of rotatable bonds is 4. The van der Waals surface area contributed by atoms with Gasteiger partial charge in [-0.3, -0.25) is 4.79 Å². The van der Waals surface area contributed by atoms with Crippen LogP contribution in [0.15, 0.2) is 46.4 Å². The van der Waals surface area contributed by atoms with Gasteiger partial charge in [0.05, 0.1) is 10.6 Å². The van der Waals surface area contributed by atoms with Gasteiger partial charge in [-0.1, -0.05) is 30.4 Å². The van der Waals surface area contributed by atoms with Crippen molar-refractivity contribution in [1.82, 2.24) is 14.8 Å². The number of pyridine rings is 1. The normalized spacial score (nSPS) is 12.9. The summed E-state index contributed by atoms with van der Waals surface area (Å²) < 4.78 is 77.6. The first kappa shape index (κ1) is 22.7. The third kappa shape index (κ3) is 4.88. The summed E-state index contributed by atoms with van der Waals surface area (Å²) in [5, 5.41) is 2.07. The van der Waals surface area contributed by atoms with E-state index in [9.17, 15) is 30.8 Å². The average Bonchev–Trinajstić information content (AvgIpc) is 3.09. The van der Waals surface area contributed by atoms with E-state index in [0.717, 1.165) is 4.68 Å². The van der Waals surface area contributed by atoms with Gasteiger partial charge in [0.1, 0.15) is 11.5 Å². The van der Waals surface area contributed by atoms with Crippen LogP contribution in [0.5, 0.6) is 0 Å². The van der Waals surface area contributed by atoms with E-state index in [1.54, 1.807) is 0 Å². The van der Waals surface area contributed by atoms with Crippen molar-refractivity contribution < 1.29 is 30.8 Å². The Balaban J connectivity index is 2.13. The Morgan fingerprint density at radius 3 is 2.39 bits per heavy atom. The van der Waals surface area contributed by atoms with Crippen LogP contribution in [0.2, 0.25) is 0 Å². The lowest BCUT2D eigenvalue weighted by molar-refractivity contribution is -0.138. The molecule has 0 atom stereocenters. The van der Waals surface area contributed by atoms with Gasteiger partial charge in [-0.05, 0) is 23.8 Å². The summed E-state index contributed by atoms with van der Waals surface area (Å²) >= 11 is 0.137. The van der Waals surface area contributed by atoms with Crippen molar-refractivity contribution in [1.29, 1.82) is 0 Å². The predicted octanol–water partition coefficient (Wildman–Crippen LogP) is 3.24. The molecule has 164 valence electrons. The molecule has 0 radical (unpaired) electrons. The largest absolute Gasteiger partial charge is 0.445 e. The number of amides is 1. The maximum absolute atomic E-state index is 13.2. The summed E-state index contributed by atoms with van der Waals surface area (Å²) in [7, 11) is -2.78. The molecule has 0 spiro atoms. The fourth-order valence-corrected chi connectivity index (χ4v) is 4.31. The number of halogens is 4. The van der Waals surface area contributed by atoms with E-state index in [4.69, 9.17) is 0 Å². The van der Waals surface area contributed by atoms with Crippen LogP contribution in [0.3, 0.4) is 0 Å². The number of hydrogen-bond acceptors (Lipinski definition) is 6. The molecule has 0 N–H and O–H groups in total. The number of carbonyl (C=O) groups is 1. The maximum Gasteiger partial charge on any atom is 0.445 e. The van der Waals surface area contributed by atoms with Crippen molar-refractivity contribution in [2.24, 2.45) is 12.0 Å². The zero-order chi connectivity index (χ0) is 23.0. The molecule has 0 unspecified atom stereocenters. The fourth-order valence-electron chi connectivity index (χ4n) is 2.50. The number of sulfone groups is 1. The van der Waals surface area contributed by atoms with Crippen LogP contribution in [0.25, 0.3) is 11.1 Å². The van der Waals surface area contributed by atoms with Gasteiger partial charge in [-0.15, -0.1) is 0 Å². The number of carbonyl (C=O) groups excluding carboxylic acids is 1. The van der Waals surface area contributed by atoms with E-state index in [-0.39, 0.29) is 21.9 Å². The molecule has 0 aliphatic carbocycles. The molecule has 2 heterocycles. The maximum atomic E-state index is 13.2.